The number of piperidine rings is 1. The third-order valence-corrected chi connectivity index (χ3v) is 11.9. The van der Waals surface area contributed by atoms with Crippen LogP contribution in [-0.2, 0) is 29.5 Å². The van der Waals surface area contributed by atoms with Crippen LogP contribution < -0.4 is 10.2 Å². The first-order chi connectivity index (χ1) is 22.8. The Morgan fingerprint density at radius 3 is 2.53 bits per heavy atom. The number of rotatable bonds is 11. The van der Waals surface area contributed by atoms with E-state index in [4.69, 9.17) is 14.7 Å². The molecule has 0 radical (unpaired) electrons. The number of nitrogens with zero attached hydrogens (tertiary/aromatic N) is 7. The first-order valence-electron chi connectivity index (χ1n) is 18.7. The largest absolute Gasteiger partial charge is 0.469 e. The number of fused-ring (bicyclic) bond motifs is 1. The number of anilines is 2. The summed E-state index contributed by atoms with van der Waals surface area (Å²) in [7, 11) is 5.71. The molecule has 6 rings (SSSR count). The third kappa shape index (κ3) is 8.12. The van der Waals surface area contributed by atoms with Gasteiger partial charge in [-0.15, -0.1) is 0 Å². The fourth-order valence-corrected chi connectivity index (χ4v) is 9.17. The summed E-state index contributed by atoms with van der Waals surface area (Å²) in [4.78, 5) is 30.7. The predicted molar refractivity (Wildman–Crippen MR) is 187 cm³/mol. The molecule has 4 aliphatic rings. The standard InChI is InChI=1S/C37H60N8O2/c1-6-34(27-14-16-28(17-15-27)36(46)47-5)43(4)37-40-32-18-20-45(30-12-8-7-9-13-30)24-31(32)35(41-37)39-33(29-21-38-42(3)23-29)25-44-19-10-11-26(2)22-44/h21,23,26-28,30,33-34H,6-20,22,24-25H2,1-5H3,(H,39,40,41)/t26-,27?,28?,33-,34+/m0/s1. The summed E-state index contributed by atoms with van der Waals surface area (Å²) < 4.78 is 6.99. The van der Waals surface area contributed by atoms with Crippen LogP contribution >= 0.6 is 0 Å². The molecular weight excluding hydrogens is 588 g/mol. The van der Waals surface area contributed by atoms with Crippen LogP contribution in [0.15, 0.2) is 12.4 Å². The van der Waals surface area contributed by atoms with Gasteiger partial charge in [-0.25, -0.2) is 4.98 Å². The van der Waals surface area contributed by atoms with Gasteiger partial charge < -0.3 is 19.9 Å². The Hall–Kier alpha value is -2.72. The smallest absolute Gasteiger partial charge is 0.308 e. The van der Waals surface area contributed by atoms with E-state index in [1.165, 1.54) is 68.9 Å². The maximum Gasteiger partial charge on any atom is 0.308 e. The molecule has 0 spiro atoms. The molecule has 2 saturated carbocycles. The molecule has 0 unspecified atom stereocenters. The highest BCUT2D eigenvalue weighted by molar-refractivity contribution is 5.72. The summed E-state index contributed by atoms with van der Waals surface area (Å²) in [5, 5.41) is 8.61. The van der Waals surface area contributed by atoms with Crippen molar-refractivity contribution in [3.05, 3.63) is 29.2 Å². The molecule has 2 aromatic rings. The molecule has 0 amide bonds. The SMILES string of the molecule is CC[C@H](C1CCC(C(=O)OC)CC1)N(C)c1nc2c(c(N[C@@H](CN3CCC[C@H](C)C3)c3cnn(C)c3)n1)CN(C1CCCCC1)CC2. The third-order valence-electron chi connectivity index (χ3n) is 11.9. The molecule has 1 N–H and O–H groups in total. The van der Waals surface area contributed by atoms with E-state index in [-0.39, 0.29) is 17.9 Å². The van der Waals surface area contributed by atoms with Gasteiger partial charge in [0.2, 0.25) is 5.95 Å². The van der Waals surface area contributed by atoms with Gasteiger partial charge in [0.05, 0.1) is 31.0 Å². The van der Waals surface area contributed by atoms with Crippen LogP contribution in [0.4, 0.5) is 11.8 Å². The number of nitrogens with one attached hydrogen (secondary N) is 1. The lowest BCUT2D eigenvalue weighted by Gasteiger charge is -2.40. The van der Waals surface area contributed by atoms with Gasteiger partial charge in [0, 0.05) is 76.1 Å². The van der Waals surface area contributed by atoms with Gasteiger partial charge in [-0.3, -0.25) is 14.4 Å². The maximum absolute atomic E-state index is 12.2. The van der Waals surface area contributed by atoms with E-state index in [1.807, 2.05) is 17.9 Å². The minimum Gasteiger partial charge on any atom is -0.469 e. The lowest BCUT2D eigenvalue weighted by molar-refractivity contribution is -0.146. The summed E-state index contributed by atoms with van der Waals surface area (Å²) >= 11 is 0. The molecule has 10 heteroatoms. The Morgan fingerprint density at radius 1 is 1.06 bits per heavy atom. The van der Waals surface area contributed by atoms with Crippen LogP contribution in [0.1, 0.15) is 114 Å². The molecule has 0 aromatic carbocycles. The van der Waals surface area contributed by atoms with Crippen LogP contribution in [-0.4, -0.2) is 87.9 Å². The zero-order valence-electron chi connectivity index (χ0n) is 29.8. The van der Waals surface area contributed by atoms with E-state index in [2.05, 4.69) is 52.2 Å². The second-order valence-electron chi connectivity index (χ2n) is 15.2. The highest BCUT2D eigenvalue weighted by Crippen LogP contribution is 2.37. The van der Waals surface area contributed by atoms with E-state index >= 15 is 0 Å². The molecule has 47 heavy (non-hydrogen) atoms. The zero-order chi connectivity index (χ0) is 32.9. The average molecular weight is 649 g/mol. The number of esters is 1. The van der Waals surface area contributed by atoms with Gasteiger partial charge in [0.1, 0.15) is 5.82 Å². The maximum atomic E-state index is 12.2. The molecule has 3 atom stereocenters. The summed E-state index contributed by atoms with van der Waals surface area (Å²) in [5.41, 5.74) is 3.70. The molecule has 2 aliphatic heterocycles. The lowest BCUT2D eigenvalue weighted by Crippen LogP contribution is -2.43. The Labute approximate surface area is 283 Å². The Bertz CT molecular complexity index is 1320. The molecule has 10 nitrogen and oxygen atoms in total. The minimum absolute atomic E-state index is 0.0364. The number of likely N-dealkylation sites (tertiary alicyclic amines) is 1. The highest BCUT2D eigenvalue weighted by atomic mass is 16.5. The zero-order valence-corrected chi connectivity index (χ0v) is 29.8. The first kappa shape index (κ1) is 34.2. The van der Waals surface area contributed by atoms with Crippen molar-refractivity contribution in [3.63, 3.8) is 0 Å². The van der Waals surface area contributed by atoms with E-state index < -0.39 is 0 Å². The number of carbonyl (C=O) groups is 1. The van der Waals surface area contributed by atoms with Crippen LogP contribution in [0.2, 0.25) is 0 Å². The summed E-state index contributed by atoms with van der Waals surface area (Å²) in [6, 6.07) is 1.08. The van der Waals surface area contributed by atoms with Gasteiger partial charge in [0.15, 0.2) is 0 Å². The predicted octanol–water partition coefficient (Wildman–Crippen LogP) is 5.98. The molecule has 4 heterocycles. The van der Waals surface area contributed by atoms with E-state index in [9.17, 15) is 4.79 Å². The van der Waals surface area contributed by atoms with E-state index in [0.717, 1.165) is 88.9 Å². The van der Waals surface area contributed by atoms with Gasteiger partial charge in [-0.1, -0.05) is 33.1 Å². The first-order valence-corrected chi connectivity index (χ1v) is 18.7. The quantitative estimate of drug-likeness (QED) is 0.296. The van der Waals surface area contributed by atoms with Crippen molar-refractivity contribution >= 4 is 17.7 Å². The number of aryl methyl sites for hydroxylation is 1. The van der Waals surface area contributed by atoms with Crippen molar-refractivity contribution in [2.45, 2.75) is 122 Å². The van der Waals surface area contributed by atoms with Crippen molar-refractivity contribution < 1.29 is 9.53 Å². The van der Waals surface area contributed by atoms with Gasteiger partial charge in [0.25, 0.3) is 0 Å². The van der Waals surface area contributed by atoms with Crippen molar-refractivity contribution in [1.82, 2.24) is 29.5 Å². The minimum atomic E-state index is -0.0527. The van der Waals surface area contributed by atoms with Crippen molar-refractivity contribution in [1.29, 1.82) is 0 Å². The molecule has 260 valence electrons. The van der Waals surface area contributed by atoms with Crippen molar-refractivity contribution in [2.24, 2.45) is 24.8 Å². The number of hydrogen-bond donors (Lipinski definition) is 1. The molecule has 0 bridgehead atoms. The average Bonchev–Trinajstić information content (AvgIpc) is 3.54. The van der Waals surface area contributed by atoms with Gasteiger partial charge >= 0.3 is 5.97 Å². The fraction of sp³-hybridized carbons (Fsp3) is 0.784. The number of methoxy groups -OCH3 is 1. The monoisotopic (exact) mass is 648 g/mol. The summed E-state index contributed by atoms with van der Waals surface area (Å²) in [6.45, 7) is 9.88. The Morgan fingerprint density at radius 2 is 1.85 bits per heavy atom. The molecular formula is C37H60N8O2. The Kier molecular flexibility index (Phi) is 11.4. The second-order valence-corrected chi connectivity index (χ2v) is 15.2. The number of aromatic nitrogens is 4. The van der Waals surface area contributed by atoms with Crippen LogP contribution in [0.5, 0.6) is 0 Å². The molecule has 2 aromatic heterocycles. The van der Waals surface area contributed by atoms with Crippen molar-refractivity contribution in [2.75, 3.05) is 50.6 Å². The van der Waals surface area contributed by atoms with E-state index in [0.29, 0.717) is 18.0 Å². The Balaban J connectivity index is 1.30. The second kappa shape index (κ2) is 15.7. The molecule has 3 fully saturated rings. The topological polar surface area (TPSA) is 91.7 Å². The summed E-state index contributed by atoms with van der Waals surface area (Å²) in [5.74, 6) is 3.05. The fourth-order valence-electron chi connectivity index (χ4n) is 9.17. The number of carbonyl (C=O) groups excluding carboxylic acids is 1. The molecule has 1 saturated heterocycles. The van der Waals surface area contributed by atoms with Crippen molar-refractivity contribution in [3.8, 4) is 0 Å². The lowest BCUT2D eigenvalue weighted by atomic mass is 9.77. The molecule has 2 aliphatic carbocycles. The number of ether oxygens (including phenoxy) is 1. The van der Waals surface area contributed by atoms with Gasteiger partial charge in [-0.2, -0.15) is 10.1 Å². The number of hydrogen-bond acceptors (Lipinski definition) is 9. The van der Waals surface area contributed by atoms with Crippen LogP contribution in [0, 0.1) is 17.8 Å². The van der Waals surface area contributed by atoms with Crippen LogP contribution in [0.3, 0.4) is 0 Å². The van der Waals surface area contributed by atoms with Crippen LogP contribution in [0.25, 0.3) is 0 Å². The van der Waals surface area contributed by atoms with E-state index in [1.54, 1.807) is 0 Å². The summed E-state index contributed by atoms with van der Waals surface area (Å²) in [6.07, 6.45) is 19.3. The van der Waals surface area contributed by atoms with Gasteiger partial charge in [-0.05, 0) is 76.2 Å². The highest BCUT2D eigenvalue weighted by Gasteiger charge is 2.35. The normalized spacial score (nSPS) is 25.9.